The van der Waals surface area contributed by atoms with Crippen molar-refractivity contribution in [1.29, 1.82) is 0 Å². The van der Waals surface area contributed by atoms with Gasteiger partial charge in [-0.2, -0.15) is 0 Å². The van der Waals surface area contributed by atoms with Crippen LogP contribution in [0.15, 0.2) is 18.2 Å². The van der Waals surface area contributed by atoms with Gasteiger partial charge in [0.1, 0.15) is 5.54 Å². The largest absolute Gasteiger partial charge is 0.480 e. The number of rotatable bonds is 2. The van der Waals surface area contributed by atoms with Gasteiger partial charge in [0, 0.05) is 0 Å². The Balaban J connectivity index is 3.21. The molecule has 3 N–H and O–H groups in total. The second-order valence-electron chi connectivity index (χ2n) is 3.81. The summed E-state index contributed by atoms with van der Waals surface area (Å²) in [5, 5.41) is 8.93. The molecule has 0 radical (unpaired) electrons. The molecule has 1 aromatic rings. The second-order valence-corrected chi connectivity index (χ2v) is 3.81. The Hall–Kier alpha value is -1.35. The van der Waals surface area contributed by atoms with Crippen LogP contribution in [-0.4, -0.2) is 11.1 Å². The molecule has 0 heterocycles. The molecule has 0 saturated carbocycles. The molecule has 0 aliphatic heterocycles. The van der Waals surface area contributed by atoms with Crippen molar-refractivity contribution in [2.24, 2.45) is 5.73 Å². The molecule has 3 nitrogen and oxygen atoms in total. The van der Waals surface area contributed by atoms with Crippen molar-refractivity contribution in [3.8, 4) is 0 Å². The maximum Gasteiger partial charge on any atom is 0.328 e. The molecule has 0 aromatic heterocycles. The highest BCUT2D eigenvalue weighted by Gasteiger charge is 2.30. The molecule has 0 amide bonds. The van der Waals surface area contributed by atoms with Gasteiger partial charge in [0.2, 0.25) is 0 Å². The third kappa shape index (κ3) is 1.77. The Morgan fingerprint density at radius 1 is 1.36 bits per heavy atom. The first-order chi connectivity index (χ1) is 6.35. The number of benzene rings is 1. The maximum absolute atomic E-state index is 10.9. The van der Waals surface area contributed by atoms with E-state index >= 15 is 0 Å². The van der Waals surface area contributed by atoms with E-state index in [0.29, 0.717) is 5.56 Å². The minimum Gasteiger partial charge on any atom is -0.480 e. The number of hydrogen-bond acceptors (Lipinski definition) is 2. The number of aryl methyl sites for hydroxylation is 2. The molecule has 3 heteroatoms. The number of carboxylic acid groups (broad SMARTS) is 1. The summed E-state index contributed by atoms with van der Waals surface area (Å²) in [4.78, 5) is 10.9. The van der Waals surface area contributed by atoms with E-state index in [9.17, 15) is 4.79 Å². The monoisotopic (exact) mass is 193 g/mol. The maximum atomic E-state index is 10.9. The van der Waals surface area contributed by atoms with E-state index in [1.807, 2.05) is 26.0 Å². The van der Waals surface area contributed by atoms with E-state index in [1.54, 1.807) is 6.07 Å². The average Bonchev–Trinajstić information content (AvgIpc) is 2.09. The minimum absolute atomic E-state index is 0.633. The molecule has 0 aliphatic rings. The molecule has 0 bridgehead atoms. The molecule has 0 spiro atoms. The highest BCUT2D eigenvalue weighted by molar-refractivity contribution is 5.80. The lowest BCUT2D eigenvalue weighted by Crippen LogP contribution is -2.41. The van der Waals surface area contributed by atoms with Crippen LogP contribution in [-0.2, 0) is 10.3 Å². The summed E-state index contributed by atoms with van der Waals surface area (Å²) in [5.74, 6) is -1.01. The van der Waals surface area contributed by atoms with Crippen LogP contribution in [0.2, 0.25) is 0 Å². The summed E-state index contributed by atoms with van der Waals surface area (Å²) in [6, 6.07) is 5.47. The first kappa shape index (κ1) is 10.7. The van der Waals surface area contributed by atoms with E-state index in [1.165, 1.54) is 6.92 Å². The normalized spacial score (nSPS) is 14.9. The Morgan fingerprint density at radius 3 is 2.36 bits per heavy atom. The third-order valence-electron chi connectivity index (χ3n) is 2.55. The molecule has 0 saturated heterocycles. The predicted octanol–water partition coefficient (Wildman–Crippen LogP) is 1.56. The Morgan fingerprint density at radius 2 is 1.93 bits per heavy atom. The molecule has 1 unspecified atom stereocenters. The lowest BCUT2D eigenvalue weighted by Gasteiger charge is -2.20. The molecule has 0 fully saturated rings. The van der Waals surface area contributed by atoms with Crippen molar-refractivity contribution >= 4 is 5.97 Å². The zero-order valence-electron chi connectivity index (χ0n) is 8.66. The number of carboxylic acids is 1. The standard InChI is InChI=1S/C11H15NO2/c1-7-4-5-9(6-8(7)2)11(3,12)10(13)14/h4-6H,12H2,1-3H3,(H,13,14). The van der Waals surface area contributed by atoms with E-state index in [4.69, 9.17) is 10.8 Å². The van der Waals surface area contributed by atoms with E-state index in [-0.39, 0.29) is 0 Å². The fraction of sp³-hybridized carbons (Fsp3) is 0.364. The molecule has 1 aromatic carbocycles. The van der Waals surface area contributed by atoms with Crippen molar-refractivity contribution in [1.82, 2.24) is 0 Å². The fourth-order valence-electron chi connectivity index (χ4n) is 1.19. The second kappa shape index (κ2) is 3.42. The Bertz CT molecular complexity index is 370. The van der Waals surface area contributed by atoms with Gasteiger partial charge in [-0.3, -0.25) is 0 Å². The van der Waals surface area contributed by atoms with Crippen molar-refractivity contribution in [3.63, 3.8) is 0 Å². The van der Waals surface area contributed by atoms with Crippen LogP contribution in [0.4, 0.5) is 0 Å². The van der Waals surface area contributed by atoms with Crippen LogP contribution in [0.5, 0.6) is 0 Å². The van der Waals surface area contributed by atoms with Gasteiger partial charge in [0.05, 0.1) is 0 Å². The molecular formula is C11H15NO2. The van der Waals surface area contributed by atoms with Crippen LogP contribution in [0, 0.1) is 13.8 Å². The van der Waals surface area contributed by atoms with E-state index in [0.717, 1.165) is 11.1 Å². The lowest BCUT2D eigenvalue weighted by molar-refractivity contribution is -0.143. The Labute approximate surface area is 83.6 Å². The molecule has 14 heavy (non-hydrogen) atoms. The van der Waals surface area contributed by atoms with Crippen molar-refractivity contribution in [2.75, 3.05) is 0 Å². The van der Waals surface area contributed by atoms with Gasteiger partial charge in [0.25, 0.3) is 0 Å². The van der Waals surface area contributed by atoms with E-state index in [2.05, 4.69) is 0 Å². The molecule has 1 rings (SSSR count). The van der Waals surface area contributed by atoms with Crippen molar-refractivity contribution in [2.45, 2.75) is 26.3 Å². The van der Waals surface area contributed by atoms with Crippen LogP contribution in [0.25, 0.3) is 0 Å². The topological polar surface area (TPSA) is 63.3 Å². The first-order valence-corrected chi connectivity index (χ1v) is 4.45. The SMILES string of the molecule is Cc1ccc(C(C)(N)C(=O)O)cc1C. The smallest absolute Gasteiger partial charge is 0.328 e. The summed E-state index contributed by atoms with van der Waals surface area (Å²) in [6.07, 6.45) is 0. The molecule has 1 atom stereocenters. The Kier molecular flexibility index (Phi) is 2.62. The highest BCUT2D eigenvalue weighted by Crippen LogP contribution is 2.20. The third-order valence-corrected chi connectivity index (χ3v) is 2.55. The minimum atomic E-state index is -1.31. The molecule has 0 aliphatic carbocycles. The predicted molar refractivity (Wildman–Crippen MR) is 55.1 cm³/mol. The number of hydrogen-bond donors (Lipinski definition) is 2. The summed E-state index contributed by atoms with van der Waals surface area (Å²) < 4.78 is 0. The van der Waals surface area contributed by atoms with E-state index < -0.39 is 11.5 Å². The van der Waals surface area contributed by atoms with Crippen molar-refractivity contribution < 1.29 is 9.90 Å². The highest BCUT2D eigenvalue weighted by atomic mass is 16.4. The zero-order chi connectivity index (χ0) is 10.9. The summed E-state index contributed by atoms with van der Waals surface area (Å²) >= 11 is 0. The molecule has 76 valence electrons. The summed E-state index contributed by atoms with van der Waals surface area (Å²) in [6.45, 7) is 5.42. The van der Waals surface area contributed by atoms with Gasteiger partial charge < -0.3 is 10.8 Å². The van der Waals surface area contributed by atoms with Gasteiger partial charge in [0.15, 0.2) is 0 Å². The fourth-order valence-corrected chi connectivity index (χ4v) is 1.19. The number of aliphatic carboxylic acids is 1. The van der Waals surface area contributed by atoms with Gasteiger partial charge in [-0.05, 0) is 37.5 Å². The quantitative estimate of drug-likeness (QED) is 0.749. The number of carbonyl (C=O) groups is 1. The van der Waals surface area contributed by atoms with Gasteiger partial charge >= 0.3 is 5.97 Å². The molecular weight excluding hydrogens is 178 g/mol. The van der Waals surface area contributed by atoms with Crippen LogP contribution in [0.3, 0.4) is 0 Å². The zero-order valence-corrected chi connectivity index (χ0v) is 8.66. The van der Waals surface area contributed by atoms with Crippen molar-refractivity contribution in [3.05, 3.63) is 34.9 Å². The van der Waals surface area contributed by atoms with Gasteiger partial charge in [-0.25, -0.2) is 4.79 Å². The summed E-state index contributed by atoms with van der Waals surface area (Å²) in [5.41, 5.74) is 7.22. The van der Waals surface area contributed by atoms with Gasteiger partial charge in [-0.1, -0.05) is 18.2 Å². The van der Waals surface area contributed by atoms with Crippen LogP contribution in [0.1, 0.15) is 23.6 Å². The van der Waals surface area contributed by atoms with Crippen LogP contribution < -0.4 is 5.73 Å². The van der Waals surface area contributed by atoms with Gasteiger partial charge in [-0.15, -0.1) is 0 Å². The lowest BCUT2D eigenvalue weighted by atomic mass is 9.91. The summed E-state index contributed by atoms with van der Waals surface area (Å²) in [7, 11) is 0. The average molecular weight is 193 g/mol. The first-order valence-electron chi connectivity index (χ1n) is 4.45. The number of nitrogens with two attached hydrogens (primary N) is 1. The van der Waals surface area contributed by atoms with Crippen LogP contribution >= 0.6 is 0 Å².